The van der Waals surface area contributed by atoms with Crippen LogP contribution in [0.25, 0.3) is 0 Å². The van der Waals surface area contributed by atoms with Crippen molar-refractivity contribution >= 4 is 22.5 Å². The molecule has 0 spiro atoms. The van der Waals surface area contributed by atoms with Crippen molar-refractivity contribution in [2.24, 2.45) is 0 Å². The monoisotopic (exact) mass is 347 g/mol. The standard InChI is InChI=1S/C15H21N7OS/c23-14(16-8-12-19-17-9-22(12)11-6-7-11)18-15-21-20-13(24-15)10-4-2-1-3-5-10/h9-11H,1-8H2,(H2,16,18,21,23). The number of aromatic nitrogens is 5. The summed E-state index contributed by atoms with van der Waals surface area (Å²) in [7, 11) is 0. The molecule has 128 valence electrons. The number of nitrogens with zero attached hydrogens (tertiary/aromatic N) is 5. The zero-order valence-electron chi connectivity index (χ0n) is 13.4. The van der Waals surface area contributed by atoms with Crippen LogP contribution in [0.3, 0.4) is 0 Å². The predicted molar refractivity (Wildman–Crippen MR) is 89.9 cm³/mol. The van der Waals surface area contributed by atoms with Crippen molar-refractivity contribution < 1.29 is 4.79 Å². The third-order valence-electron chi connectivity index (χ3n) is 4.61. The number of nitrogens with one attached hydrogen (secondary N) is 2. The number of carbonyl (C=O) groups excluding carboxylic acids is 1. The Balaban J connectivity index is 1.29. The topological polar surface area (TPSA) is 97.6 Å². The van der Waals surface area contributed by atoms with Crippen LogP contribution in [0.1, 0.15) is 67.7 Å². The summed E-state index contributed by atoms with van der Waals surface area (Å²) in [4.78, 5) is 12.0. The Bertz CT molecular complexity index is 702. The van der Waals surface area contributed by atoms with Gasteiger partial charge in [0.25, 0.3) is 0 Å². The third kappa shape index (κ3) is 3.55. The van der Waals surface area contributed by atoms with Gasteiger partial charge in [-0.05, 0) is 25.7 Å². The quantitative estimate of drug-likeness (QED) is 0.867. The van der Waals surface area contributed by atoms with Crippen molar-refractivity contribution in [2.75, 3.05) is 5.32 Å². The summed E-state index contributed by atoms with van der Waals surface area (Å²) < 4.78 is 2.03. The normalized spacial score (nSPS) is 18.5. The second-order valence-corrected chi connectivity index (χ2v) is 7.48. The Morgan fingerprint density at radius 3 is 2.79 bits per heavy atom. The fraction of sp³-hybridized carbons (Fsp3) is 0.667. The van der Waals surface area contributed by atoms with Crippen molar-refractivity contribution in [1.82, 2.24) is 30.3 Å². The maximum absolute atomic E-state index is 12.0. The van der Waals surface area contributed by atoms with E-state index in [1.54, 1.807) is 6.33 Å². The summed E-state index contributed by atoms with van der Waals surface area (Å²) >= 11 is 1.48. The molecular weight excluding hydrogens is 326 g/mol. The van der Waals surface area contributed by atoms with Gasteiger partial charge in [-0.3, -0.25) is 5.32 Å². The average molecular weight is 347 g/mol. The van der Waals surface area contributed by atoms with Crippen LogP contribution in [0.2, 0.25) is 0 Å². The molecule has 2 aliphatic carbocycles. The SMILES string of the molecule is O=C(NCc1nncn1C1CC1)Nc1nnc(C2CCCCC2)s1. The largest absolute Gasteiger partial charge is 0.331 e. The van der Waals surface area contributed by atoms with Gasteiger partial charge < -0.3 is 9.88 Å². The summed E-state index contributed by atoms with van der Waals surface area (Å²) in [5.41, 5.74) is 0. The van der Waals surface area contributed by atoms with E-state index in [4.69, 9.17) is 0 Å². The second-order valence-electron chi connectivity index (χ2n) is 6.47. The number of hydrogen-bond donors (Lipinski definition) is 2. The Hall–Kier alpha value is -2.03. The minimum atomic E-state index is -0.285. The van der Waals surface area contributed by atoms with Crippen LogP contribution in [-0.2, 0) is 6.54 Å². The van der Waals surface area contributed by atoms with Crippen LogP contribution in [0.4, 0.5) is 9.93 Å². The molecule has 2 N–H and O–H groups in total. The highest BCUT2D eigenvalue weighted by atomic mass is 32.1. The zero-order valence-corrected chi connectivity index (χ0v) is 14.3. The molecule has 0 radical (unpaired) electrons. The molecule has 2 saturated carbocycles. The maximum Gasteiger partial charge on any atom is 0.321 e. The number of urea groups is 1. The van der Waals surface area contributed by atoms with Gasteiger partial charge in [0.05, 0.1) is 6.54 Å². The van der Waals surface area contributed by atoms with Crippen molar-refractivity contribution in [3.8, 4) is 0 Å². The van der Waals surface area contributed by atoms with Gasteiger partial charge >= 0.3 is 6.03 Å². The van der Waals surface area contributed by atoms with E-state index in [0.29, 0.717) is 23.6 Å². The third-order valence-corrected chi connectivity index (χ3v) is 5.61. The lowest BCUT2D eigenvalue weighted by atomic mass is 9.90. The van der Waals surface area contributed by atoms with E-state index in [1.165, 1.54) is 43.4 Å². The molecule has 2 heterocycles. The molecule has 24 heavy (non-hydrogen) atoms. The van der Waals surface area contributed by atoms with Crippen molar-refractivity contribution in [3.63, 3.8) is 0 Å². The molecule has 2 amide bonds. The van der Waals surface area contributed by atoms with Gasteiger partial charge in [0.15, 0.2) is 5.82 Å². The molecule has 2 aromatic rings. The lowest BCUT2D eigenvalue weighted by Crippen LogP contribution is -2.29. The molecule has 4 rings (SSSR count). The highest BCUT2D eigenvalue weighted by Gasteiger charge is 2.26. The maximum atomic E-state index is 12.0. The number of hydrogen-bond acceptors (Lipinski definition) is 6. The van der Waals surface area contributed by atoms with Crippen LogP contribution in [0.15, 0.2) is 6.33 Å². The lowest BCUT2D eigenvalue weighted by Gasteiger charge is -2.18. The number of anilines is 1. The Morgan fingerprint density at radius 2 is 2.00 bits per heavy atom. The zero-order chi connectivity index (χ0) is 16.4. The molecule has 2 fully saturated rings. The Labute approximate surface area is 144 Å². The molecule has 0 unspecified atom stereocenters. The van der Waals surface area contributed by atoms with E-state index in [0.717, 1.165) is 23.7 Å². The molecule has 9 heteroatoms. The first-order valence-corrected chi connectivity index (χ1v) is 9.38. The van der Waals surface area contributed by atoms with Crippen LogP contribution in [-0.4, -0.2) is 31.0 Å². The summed E-state index contributed by atoms with van der Waals surface area (Å²) in [5, 5.41) is 23.5. The van der Waals surface area contributed by atoms with Crippen LogP contribution in [0, 0.1) is 0 Å². The van der Waals surface area contributed by atoms with E-state index in [1.807, 2.05) is 4.57 Å². The van der Waals surface area contributed by atoms with E-state index < -0.39 is 0 Å². The molecule has 8 nitrogen and oxygen atoms in total. The van der Waals surface area contributed by atoms with Gasteiger partial charge in [0.1, 0.15) is 11.3 Å². The summed E-state index contributed by atoms with van der Waals surface area (Å²) in [6.45, 7) is 0.358. The van der Waals surface area contributed by atoms with Gasteiger partial charge in [0.2, 0.25) is 5.13 Å². The predicted octanol–water partition coefficient (Wildman–Crippen LogP) is 2.83. The molecule has 0 aromatic carbocycles. The average Bonchev–Trinajstić information content (AvgIpc) is 3.16. The highest BCUT2D eigenvalue weighted by Crippen LogP contribution is 2.36. The van der Waals surface area contributed by atoms with Gasteiger partial charge in [-0.25, -0.2) is 4.79 Å². The van der Waals surface area contributed by atoms with Crippen LogP contribution in [0.5, 0.6) is 0 Å². The summed E-state index contributed by atoms with van der Waals surface area (Å²) in [6.07, 6.45) is 10.2. The van der Waals surface area contributed by atoms with Gasteiger partial charge in [-0.1, -0.05) is 30.6 Å². The van der Waals surface area contributed by atoms with E-state index in [9.17, 15) is 4.79 Å². The minimum absolute atomic E-state index is 0.285. The molecule has 0 atom stereocenters. The number of carbonyl (C=O) groups is 1. The van der Waals surface area contributed by atoms with Gasteiger partial charge in [0, 0.05) is 12.0 Å². The summed E-state index contributed by atoms with van der Waals surface area (Å²) in [6, 6.07) is 0.216. The lowest BCUT2D eigenvalue weighted by molar-refractivity contribution is 0.251. The number of rotatable bonds is 5. The Morgan fingerprint density at radius 1 is 1.17 bits per heavy atom. The van der Waals surface area contributed by atoms with Crippen LogP contribution < -0.4 is 10.6 Å². The van der Waals surface area contributed by atoms with Crippen molar-refractivity contribution in [3.05, 3.63) is 17.2 Å². The fourth-order valence-electron chi connectivity index (χ4n) is 3.15. The van der Waals surface area contributed by atoms with Gasteiger partial charge in [-0.2, -0.15) is 0 Å². The first-order chi connectivity index (χ1) is 11.8. The van der Waals surface area contributed by atoms with E-state index in [2.05, 4.69) is 31.0 Å². The molecule has 2 aliphatic rings. The Kier molecular flexibility index (Phi) is 4.42. The molecule has 0 bridgehead atoms. The minimum Gasteiger partial charge on any atom is -0.331 e. The van der Waals surface area contributed by atoms with Crippen LogP contribution >= 0.6 is 11.3 Å². The van der Waals surface area contributed by atoms with Crippen molar-refractivity contribution in [2.45, 2.75) is 63.5 Å². The summed E-state index contributed by atoms with van der Waals surface area (Å²) in [5.74, 6) is 1.29. The molecule has 2 aromatic heterocycles. The first kappa shape index (κ1) is 15.5. The number of amides is 2. The molecular formula is C15H21N7OS. The van der Waals surface area contributed by atoms with E-state index in [-0.39, 0.29) is 6.03 Å². The molecule has 0 aliphatic heterocycles. The smallest absolute Gasteiger partial charge is 0.321 e. The molecule has 0 saturated heterocycles. The highest BCUT2D eigenvalue weighted by molar-refractivity contribution is 7.15. The van der Waals surface area contributed by atoms with E-state index >= 15 is 0 Å². The second kappa shape index (κ2) is 6.84. The first-order valence-electron chi connectivity index (χ1n) is 8.56. The fourth-order valence-corrected chi connectivity index (χ4v) is 4.06. The van der Waals surface area contributed by atoms with Gasteiger partial charge in [-0.15, -0.1) is 20.4 Å². The van der Waals surface area contributed by atoms with Crippen molar-refractivity contribution in [1.29, 1.82) is 0 Å².